The third-order valence-electron chi connectivity index (χ3n) is 2.74. The molecule has 1 heterocycles. The zero-order valence-electron chi connectivity index (χ0n) is 11.7. The van der Waals surface area contributed by atoms with E-state index in [9.17, 15) is 18.0 Å². The molecule has 0 fully saturated rings. The second-order valence-corrected chi connectivity index (χ2v) is 6.62. The normalized spacial score (nSPS) is 11.2. The molecule has 0 aliphatic carbocycles. The number of hydrogen-bond donors (Lipinski definition) is 3. The first-order valence-corrected chi connectivity index (χ1v) is 8.34. The number of rotatable bonds is 6. The number of benzene rings is 1. The van der Waals surface area contributed by atoms with Gasteiger partial charge in [0.15, 0.2) is 0 Å². The highest BCUT2D eigenvalue weighted by Gasteiger charge is 2.13. The van der Waals surface area contributed by atoms with Crippen LogP contribution in [0.4, 0.5) is 0 Å². The van der Waals surface area contributed by atoms with Gasteiger partial charge in [0.1, 0.15) is 5.69 Å². The Labute approximate surface area is 136 Å². The van der Waals surface area contributed by atoms with Crippen molar-refractivity contribution in [2.45, 2.75) is 4.90 Å². The Hall–Kier alpha value is -2.23. The largest absolute Gasteiger partial charge is 0.349 e. The maximum Gasteiger partial charge on any atom is 0.271 e. The van der Waals surface area contributed by atoms with Crippen LogP contribution in [0, 0.1) is 0 Å². The van der Waals surface area contributed by atoms with Gasteiger partial charge in [0.05, 0.1) is 4.90 Å². The highest BCUT2D eigenvalue weighted by molar-refractivity contribution is 7.89. The molecular formula is C13H13ClN4O4S. The zero-order valence-corrected chi connectivity index (χ0v) is 13.3. The van der Waals surface area contributed by atoms with Crippen LogP contribution in [0.3, 0.4) is 0 Å². The molecule has 0 aliphatic heterocycles. The molecule has 0 spiro atoms. The molecule has 0 atom stereocenters. The van der Waals surface area contributed by atoms with Gasteiger partial charge in [0.25, 0.3) is 11.5 Å². The topological polar surface area (TPSA) is 121 Å². The van der Waals surface area contributed by atoms with Crippen molar-refractivity contribution in [3.05, 3.63) is 57.5 Å². The summed E-state index contributed by atoms with van der Waals surface area (Å²) in [6.07, 6.45) is 0. The molecule has 0 saturated heterocycles. The van der Waals surface area contributed by atoms with Crippen LogP contribution < -0.4 is 15.6 Å². The second-order valence-electron chi connectivity index (χ2n) is 4.41. The van der Waals surface area contributed by atoms with Crippen LogP contribution in [0.25, 0.3) is 0 Å². The highest BCUT2D eigenvalue weighted by atomic mass is 35.5. The van der Waals surface area contributed by atoms with Crippen molar-refractivity contribution in [3.63, 3.8) is 0 Å². The molecule has 0 radical (unpaired) electrons. The van der Waals surface area contributed by atoms with Crippen LogP contribution in [0.1, 0.15) is 10.5 Å². The molecule has 0 saturated carbocycles. The van der Waals surface area contributed by atoms with Crippen molar-refractivity contribution in [1.82, 2.24) is 20.2 Å². The van der Waals surface area contributed by atoms with Crippen LogP contribution in [0.2, 0.25) is 5.02 Å². The van der Waals surface area contributed by atoms with Gasteiger partial charge >= 0.3 is 0 Å². The van der Waals surface area contributed by atoms with E-state index in [4.69, 9.17) is 11.6 Å². The summed E-state index contributed by atoms with van der Waals surface area (Å²) in [4.78, 5) is 22.6. The highest BCUT2D eigenvalue weighted by Crippen LogP contribution is 2.13. The van der Waals surface area contributed by atoms with Gasteiger partial charge in [0, 0.05) is 24.2 Å². The predicted octanol–water partition coefficient (Wildman–Crippen LogP) is 0.132. The van der Waals surface area contributed by atoms with Crippen molar-refractivity contribution in [1.29, 1.82) is 0 Å². The molecule has 3 N–H and O–H groups in total. The molecule has 2 aromatic rings. The van der Waals surface area contributed by atoms with Crippen LogP contribution in [-0.2, 0) is 10.0 Å². The molecule has 1 aromatic heterocycles. The smallest absolute Gasteiger partial charge is 0.271 e. The van der Waals surface area contributed by atoms with E-state index in [-0.39, 0.29) is 23.7 Å². The van der Waals surface area contributed by atoms with Gasteiger partial charge in [-0.25, -0.2) is 18.2 Å². The third kappa shape index (κ3) is 4.88. The lowest BCUT2D eigenvalue weighted by molar-refractivity contribution is 0.0948. The zero-order chi connectivity index (χ0) is 16.9. The average molecular weight is 357 g/mol. The lowest BCUT2D eigenvalue weighted by Crippen LogP contribution is -2.35. The molecular weight excluding hydrogens is 344 g/mol. The summed E-state index contributed by atoms with van der Waals surface area (Å²) in [7, 11) is -3.67. The molecule has 10 heteroatoms. The quantitative estimate of drug-likeness (QED) is 0.635. The molecule has 8 nitrogen and oxygen atoms in total. The average Bonchev–Trinajstić information content (AvgIpc) is 2.52. The van der Waals surface area contributed by atoms with Gasteiger partial charge in [-0.15, -0.1) is 0 Å². The van der Waals surface area contributed by atoms with Crippen molar-refractivity contribution < 1.29 is 13.2 Å². The van der Waals surface area contributed by atoms with E-state index < -0.39 is 21.5 Å². The first-order chi connectivity index (χ1) is 10.9. The summed E-state index contributed by atoms with van der Waals surface area (Å²) in [5.74, 6) is -0.521. The van der Waals surface area contributed by atoms with Crippen molar-refractivity contribution >= 4 is 27.5 Å². The van der Waals surface area contributed by atoms with Gasteiger partial charge < -0.3 is 5.32 Å². The molecule has 1 aromatic carbocycles. The van der Waals surface area contributed by atoms with Crippen LogP contribution in [0.5, 0.6) is 0 Å². The van der Waals surface area contributed by atoms with Crippen molar-refractivity contribution in [2.24, 2.45) is 0 Å². The lowest BCUT2D eigenvalue weighted by Gasteiger charge is -2.08. The molecule has 23 heavy (non-hydrogen) atoms. The number of carbonyl (C=O) groups is 1. The molecule has 2 rings (SSSR count). The minimum absolute atomic E-state index is 0.0000528. The molecule has 0 aliphatic rings. The fourth-order valence-electron chi connectivity index (χ4n) is 1.62. The fraction of sp³-hybridized carbons (Fsp3) is 0.154. The van der Waals surface area contributed by atoms with E-state index in [1.165, 1.54) is 36.4 Å². The van der Waals surface area contributed by atoms with Crippen molar-refractivity contribution in [2.75, 3.05) is 13.1 Å². The van der Waals surface area contributed by atoms with Gasteiger partial charge in [-0.3, -0.25) is 9.59 Å². The van der Waals surface area contributed by atoms with Crippen molar-refractivity contribution in [3.8, 4) is 0 Å². The summed E-state index contributed by atoms with van der Waals surface area (Å²) in [5, 5.41) is 8.61. The van der Waals surface area contributed by atoms with Crippen LogP contribution in [-0.4, -0.2) is 37.6 Å². The first-order valence-electron chi connectivity index (χ1n) is 6.48. The van der Waals surface area contributed by atoms with E-state index >= 15 is 0 Å². The Morgan fingerprint density at radius 2 is 1.83 bits per heavy atom. The Morgan fingerprint density at radius 3 is 2.43 bits per heavy atom. The van der Waals surface area contributed by atoms with E-state index in [2.05, 4.69) is 20.2 Å². The summed E-state index contributed by atoms with van der Waals surface area (Å²) in [5.41, 5.74) is -0.387. The number of carbonyl (C=O) groups excluding carboxylic acids is 1. The number of aromatic amines is 1. The number of amides is 1. The maximum absolute atomic E-state index is 12.0. The Balaban J connectivity index is 1.85. The number of nitrogens with zero attached hydrogens (tertiary/aromatic N) is 1. The van der Waals surface area contributed by atoms with Gasteiger partial charge in [0.2, 0.25) is 10.0 Å². The maximum atomic E-state index is 12.0. The van der Waals surface area contributed by atoms with Crippen LogP contribution in [0.15, 0.2) is 46.1 Å². The lowest BCUT2D eigenvalue weighted by atomic mass is 10.3. The molecule has 1 amide bonds. The summed E-state index contributed by atoms with van der Waals surface area (Å²) in [6.45, 7) is 0.0620. The number of aromatic nitrogens is 2. The molecule has 0 bridgehead atoms. The Bertz CT molecular complexity index is 829. The second kappa shape index (κ2) is 7.36. The number of hydrogen-bond acceptors (Lipinski definition) is 5. The predicted molar refractivity (Wildman–Crippen MR) is 83.8 cm³/mol. The molecule has 122 valence electrons. The minimum Gasteiger partial charge on any atom is -0.349 e. The monoisotopic (exact) mass is 356 g/mol. The van der Waals surface area contributed by atoms with E-state index in [1.54, 1.807) is 0 Å². The first kappa shape index (κ1) is 17.1. The van der Waals surface area contributed by atoms with Crippen LogP contribution >= 0.6 is 11.6 Å². The SMILES string of the molecule is O=C(NCCNS(=O)(=O)c1ccc(Cl)cc1)c1ccc(=O)[nH]n1. The number of nitrogens with one attached hydrogen (secondary N) is 3. The number of halogens is 1. The van der Waals surface area contributed by atoms with Gasteiger partial charge in [-0.1, -0.05) is 11.6 Å². The van der Waals surface area contributed by atoms with Gasteiger partial charge in [-0.2, -0.15) is 5.10 Å². The number of sulfonamides is 1. The third-order valence-corrected chi connectivity index (χ3v) is 4.47. The summed E-state index contributed by atoms with van der Waals surface area (Å²) >= 11 is 5.70. The fourth-order valence-corrected chi connectivity index (χ4v) is 2.78. The molecule has 0 unspecified atom stereocenters. The van der Waals surface area contributed by atoms with E-state index in [0.717, 1.165) is 0 Å². The van der Waals surface area contributed by atoms with E-state index in [0.29, 0.717) is 5.02 Å². The summed E-state index contributed by atoms with van der Waals surface area (Å²) < 4.78 is 26.3. The standard InChI is InChI=1S/C13H13ClN4O4S/c14-9-1-3-10(4-2-9)23(21,22)16-8-7-15-13(20)11-5-6-12(19)18-17-11/h1-6,16H,7-8H2,(H,15,20)(H,18,19). The van der Waals surface area contributed by atoms with Gasteiger partial charge in [-0.05, 0) is 30.3 Å². The summed E-state index contributed by atoms with van der Waals surface area (Å²) in [6, 6.07) is 8.15. The Morgan fingerprint density at radius 1 is 1.13 bits per heavy atom. The van der Waals surface area contributed by atoms with E-state index in [1.807, 2.05) is 0 Å². The number of H-pyrrole nitrogens is 1. The Kier molecular flexibility index (Phi) is 5.48. The minimum atomic E-state index is -3.67.